The van der Waals surface area contributed by atoms with Crippen LogP contribution in [0.15, 0.2) is 60.7 Å². The van der Waals surface area contributed by atoms with Crippen LogP contribution in [0, 0.1) is 0 Å². The molecule has 0 unspecified atom stereocenters. The van der Waals surface area contributed by atoms with Crippen molar-refractivity contribution in [1.29, 1.82) is 0 Å². The van der Waals surface area contributed by atoms with Gasteiger partial charge in [-0.25, -0.2) is 4.79 Å². The number of carbonyl (C=O) groups is 2. The van der Waals surface area contributed by atoms with Crippen LogP contribution in [-0.2, 0) is 9.53 Å². The van der Waals surface area contributed by atoms with Crippen LogP contribution >= 0.6 is 0 Å². The number of ether oxygens (including phenoxy) is 1. The average molecular weight is 296 g/mol. The molecule has 0 saturated carbocycles. The van der Waals surface area contributed by atoms with E-state index in [-0.39, 0.29) is 19.0 Å². The zero-order valence-corrected chi connectivity index (χ0v) is 11.9. The van der Waals surface area contributed by atoms with Crippen molar-refractivity contribution in [3.63, 3.8) is 0 Å². The van der Waals surface area contributed by atoms with Gasteiger partial charge < -0.3 is 9.84 Å². The Morgan fingerprint density at radius 2 is 1.59 bits per heavy atom. The highest BCUT2D eigenvalue weighted by atomic mass is 16.5. The Kier molecular flexibility index (Phi) is 5.63. The number of rotatable bonds is 6. The number of carbonyl (C=O) groups excluding carboxylic acids is 2. The van der Waals surface area contributed by atoms with E-state index in [1.54, 1.807) is 42.5 Å². The van der Waals surface area contributed by atoms with Crippen LogP contribution in [0.25, 0.3) is 6.08 Å². The highest BCUT2D eigenvalue weighted by Gasteiger charge is 2.07. The third-order valence-electron chi connectivity index (χ3n) is 2.96. The van der Waals surface area contributed by atoms with Crippen molar-refractivity contribution < 1.29 is 19.4 Å². The molecule has 0 aliphatic rings. The van der Waals surface area contributed by atoms with E-state index in [4.69, 9.17) is 9.84 Å². The third kappa shape index (κ3) is 4.40. The molecule has 0 saturated heterocycles. The maximum atomic E-state index is 12.2. The van der Waals surface area contributed by atoms with E-state index in [0.29, 0.717) is 11.1 Å². The first-order valence-corrected chi connectivity index (χ1v) is 6.86. The molecule has 0 fully saturated rings. The summed E-state index contributed by atoms with van der Waals surface area (Å²) in [5.74, 6) is -0.558. The lowest BCUT2D eigenvalue weighted by Gasteiger charge is -2.02. The molecule has 4 nitrogen and oxygen atoms in total. The maximum absolute atomic E-state index is 12.2. The molecule has 0 spiro atoms. The summed E-state index contributed by atoms with van der Waals surface area (Å²) in [5, 5.41) is 8.54. The lowest BCUT2D eigenvalue weighted by atomic mass is 10.0. The Bertz CT molecular complexity index is 657. The van der Waals surface area contributed by atoms with Crippen molar-refractivity contribution >= 4 is 17.8 Å². The minimum absolute atomic E-state index is 0.0202. The zero-order chi connectivity index (χ0) is 15.8. The molecule has 0 bridgehead atoms. The molecule has 22 heavy (non-hydrogen) atoms. The highest BCUT2D eigenvalue weighted by molar-refractivity contribution is 6.09. The molecule has 2 aromatic rings. The molecule has 0 aliphatic carbocycles. The summed E-state index contributed by atoms with van der Waals surface area (Å²) in [7, 11) is 0. The lowest BCUT2D eigenvalue weighted by molar-refractivity contribution is -0.138. The topological polar surface area (TPSA) is 63.6 Å². The van der Waals surface area contributed by atoms with Crippen molar-refractivity contribution in [2.24, 2.45) is 0 Å². The van der Waals surface area contributed by atoms with Gasteiger partial charge in [-0.1, -0.05) is 54.6 Å². The summed E-state index contributed by atoms with van der Waals surface area (Å²) in [6.45, 7) is -0.219. The summed E-state index contributed by atoms with van der Waals surface area (Å²) in [4.78, 5) is 23.5. The summed E-state index contributed by atoms with van der Waals surface area (Å²) in [6, 6.07) is 16.0. The number of esters is 1. The largest absolute Gasteiger partial charge is 0.460 e. The van der Waals surface area contributed by atoms with Gasteiger partial charge in [0.25, 0.3) is 0 Å². The Morgan fingerprint density at radius 3 is 2.23 bits per heavy atom. The van der Waals surface area contributed by atoms with Crippen LogP contribution in [0.1, 0.15) is 21.5 Å². The van der Waals surface area contributed by atoms with Crippen molar-refractivity contribution in [3.05, 3.63) is 77.4 Å². The second-order valence-corrected chi connectivity index (χ2v) is 4.54. The Labute approximate surface area is 128 Å². The minimum Gasteiger partial charge on any atom is -0.460 e. The molecule has 0 heterocycles. The van der Waals surface area contributed by atoms with Gasteiger partial charge in [-0.05, 0) is 11.6 Å². The van der Waals surface area contributed by atoms with Crippen LogP contribution in [0.3, 0.4) is 0 Å². The van der Waals surface area contributed by atoms with Crippen molar-refractivity contribution in [2.75, 3.05) is 13.2 Å². The van der Waals surface area contributed by atoms with E-state index in [9.17, 15) is 9.59 Å². The monoisotopic (exact) mass is 296 g/mol. The number of benzene rings is 2. The molecule has 2 aromatic carbocycles. The standard InChI is InChI=1S/C18H16O4/c19-12-13-22-17(20)11-8-14-6-9-16(10-7-14)18(21)15-4-2-1-3-5-15/h1-11,19H,12-13H2. The van der Waals surface area contributed by atoms with Crippen LogP contribution < -0.4 is 0 Å². The number of hydrogen-bond donors (Lipinski definition) is 1. The van der Waals surface area contributed by atoms with E-state index in [1.807, 2.05) is 18.2 Å². The number of hydrogen-bond acceptors (Lipinski definition) is 4. The van der Waals surface area contributed by atoms with Crippen LogP contribution in [-0.4, -0.2) is 30.1 Å². The minimum atomic E-state index is -0.515. The third-order valence-corrected chi connectivity index (χ3v) is 2.96. The van der Waals surface area contributed by atoms with Gasteiger partial charge in [0.15, 0.2) is 5.78 Å². The fourth-order valence-electron chi connectivity index (χ4n) is 1.86. The second-order valence-electron chi connectivity index (χ2n) is 4.54. The summed E-state index contributed by atoms with van der Waals surface area (Å²) in [5.41, 5.74) is 2.01. The van der Waals surface area contributed by atoms with Crippen LogP contribution in [0.2, 0.25) is 0 Å². The van der Waals surface area contributed by atoms with E-state index in [0.717, 1.165) is 5.56 Å². The van der Waals surface area contributed by atoms with Gasteiger partial charge in [0.2, 0.25) is 0 Å². The molecular weight excluding hydrogens is 280 g/mol. The SMILES string of the molecule is O=C(C=Cc1ccc(C(=O)c2ccccc2)cc1)OCCO. The van der Waals surface area contributed by atoms with Gasteiger partial charge in [-0.2, -0.15) is 0 Å². The van der Waals surface area contributed by atoms with E-state index < -0.39 is 5.97 Å². The Morgan fingerprint density at radius 1 is 0.955 bits per heavy atom. The smallest absolute Gasteiger partial charge is 0.330 e. The molecule has 0 atom stereocenters. The van der Waals surface area contributed by atoms with Crippen molar-refractivity contribution in [3.8, 4) is 0 Å². The molecular formula is C18H16O4. The summed E-state index contributed by atoms with van der Waals surface area (Å²) < 4.78 is 4.70. The van der Waals surface area contributed by atoms with Gasteiger partial charge >= 0.3 is 5.97 Å². The summed E-state index contributed by atoms with van der Waals surface area (Å²) >= 11 is 0. The van der Waals surface area contributed by atoms with E-state index >= 15 is 0 Å². The number of aliphatic hydroxyl groups excluding tert-OH is 1. The van der Waals surface area contributed by atoms with Gasteiger partial charge in [0.1, 0.15) is 6.61 Å². The number of ketones is 1. The molecule has 0 aromatic heterocycles. The van der Waals surface area contributed by atoms with Crippen molar-refractivity contribution in [1.82, 2.24) is 0 Å². The maximum Gasteiger partial charge on any atom is 0.330 e. The predicted octanol–water partition coefficient (Wildman–Crippen LogP) is 2.47. The Hall–Kier alpha value is -2.72. The molecule has 1 N–H and O–H groups in total. The van der Waals surface area contributed by atoms with Gasteiger partial charge in [-0.15, -0.1) is 0 Å². The molecule has 0 aliphatic heterocycles. The normalized spacial score (nSPS) is 10.6. The quantitative estimate of drug-likeness (QED) is 0.505. The van der Waals surface area contributed by atoms with Gasteiger partial charge in [0.05, 0.1) is 6.61 Å². The molecule has 112 valence electrons. The first-order valence-electron chi connectivity index (χ1n) is 6.86. The number of aliphatic hydroxyl groups is 1. The first kappa shape index (κ1) is 15.7. The highest BCUT2D eigenvalue weighted by Crippen LogP contribution is 2.12. The second kappa shape index (κ2) is 7.90. The Balaban J connectivity index is 2.03. The fraction of sp³-hybridized carbons (Fsp3) is 0.111. The van der Waals surface area contributed by atoms with Crippen LogP contribution in [0.4, 0.5) is 0 Å². The lowest BCUT2D eigenvalue weighted by Crippen LogP contribution is -2.05. The van der Waals surface area contributed by atoms with Crippen LogP contribution in [0.5, 0.6) is 0 Å². The zero-order valence-electron chi connectivity index (χ0n) is 11.9. The fourth-order valence-corrected chi connectivity index (χ4v) is 1.86. The summed E-state index contributed by atoms with van der Waals surface area (Å²) in [6.07, 6.45) is 2.88. The molecule has 4 heteroatoms. The average Bonchev–Trinajstić information content (AvgIpc) is 2.58. The predicted molar refractivity (Wildman–Crippen MR) is 83.4 cm³/mol. The van der Waals surface area contributed by atoms with Gasteiger partial charge in [0, 0.05) is 17.2 Å². The molecule has 0 amide bonds. The van der Waals surface area contributed by atoms with E-state index in [1.165, 1.54) is 6.08 Å². The van der Waals surface area contributed by atoms with E-state index in [2.05, 4.69) is 0 Å². The van der Waals surface area contributed by atoms with Crippen molar-refractivity contribution in [2.45, 2.75) is 0 Å². The molecule has 0 radical (unpaired) electrons. The van der Waals surface area contributed by atoms with Gasteiger partial charge in [-0.3, -0.25) is 4.79 Å². The first-order chi connectivity index (χ1) is 10.7. The molecule has 2 rings (SSSR count).